The van der Waals surface area contributed by atoms with Gasteiger partial charge in [-0.1, -0.05) is 6.07 Å². The minimum absolute atomic E-state index is 0.102. The summed E-state index contributed by atoms with van der Waals surface area (Å²) in [6.07, 6.45) is 5.63. The highest BCUT2D eigenvalue weighted by atomic mass is 16.5. The van der Waals surface area contributed by atoms with Crippen molar-refractivity contribution in [2.75, 3.05) is 30.0 Å². The Labute approximate surface area is 220 Å². The van der Waals surface area contributed by atoms with Crippen LogP contribution in [0.2, 0.25) is 0 Å². The van der Waals surface area contributed by atoms with Crippen LogP contribution < -0.4 is 10.2 Å². The minimum atomic E-state index is -0.102. The first kappa shape index (κ1) is 24.2. The molecule has 1 aliphatic heterocycles. The Morgan fingerprint density at radius 1 is 1.11 bits per heavy atom. The van der Waals surface area contributed by atoms with Crippen molar-refractivity contribution >= 4 is 28.3 Å². The molecule has 0 bridgehead atoms. The first-order chi connectivity index (χ1) is 18.4. The van der Waals surface area contributed by atoms with Crippen LogP contribution in [-0.2, 0) is 4.74 Å². The number of nitrogens with one attached hydrogen (secondary N) is 1. The highest BCUT2D eigenvalue weighted by Gasteiger charge is 2.25. The number of morpholine rings is 1. The van der Waals surface area contributed by atoms with Crippen molar-refractivity contribution in [2.24, 2.45) is 0 Å². The number of aromatic nitrogens is 8. The van der Waals surface area contributed by atoms with Crippen molar-refractivity contribution in [3.63, 3.8) is 0 Å². The second kappa shape index (κ2) is 9.64. The number of rotatable bonds is 6. The fourth-order valence-electron chi connectivity index (χ4n) is 5.03. The van der Waals surface area contributed by atoms with Crippen molar-refractivity contribution in [1.82, 2.24) is 39.1 Å². The maximum atomic E-state index is 5.66. The van der Waals surface area contributed by atoms with Gasteiger partial charge >= 0.3 is 0 Å². The van der Waals surface area contributed by atoms with Gasteiger partial charge in [-0.2, -0.15) is 0 Å². The average molecular weight is 513 g/mol. The summed E-state index contributed by atoms with van der Waals surface area (Å²) in [5.41, 5.74) is 4.11. The quantitative estimate of drug-likeness (QED) is 0.362. The molecular formula is C27H32N10O. The number of imidazole rings is 1. The molecule has 38 heavy (non-hydrogen) atoms. The Morgan fingerprint density at radius 3 is 2.74 bits per heavy atom. The van der Waals surface area contributed by atoms with E-state index in [4.69, 9.17) is 19.7 Å². The lowest BCUT2D eigenvalue weighted by molar-refractivity contribution is 0.0985. The maximum Gasteiger partial charge on any atom is 0.203 e. The molecule has 1 aliphatic rings. The van der Waals surface area contributed by atoms with Gasteiger partial charge in [0.25, 0.3) is 0 Å². The van der Waals surface area contributed by atoms with Gasteiger partial charge < -0.3 is 19.5 Å². The summed E-state index contributed by atoms with van der Waals surface area (Å²) in [5.74, 6) is 3.09. The van der Waals surface area contributed by atoms with Crippen LogP contribution in [0.5, 0.6) is 0 Å². The van der Waals surface area contributed by atoms with Crippen molar-refractivity contribution in [2.45, 2.75) is 52.7 Å². The van der Waals surface area contributed by atoms with E-state index in [1.165, 1.54) is 0 Å². The number of hydrogen-bond acceptors (Lipinski definition) is 9. The third kappa shape index (κ3) is 4.22. The van der Waals surface area contributed by atoms with Crippen LogP contribution >= 0.6 is 0 Å². The number of fused-ring (bicyclic) bond motifs is 2. The van der Waals surface area contributed by atoms with E-state index in [0.717, 1.165) is 40.7 Å². The van der Waals surface area contributed by atoms with E-state index in [1.54, 1.807) is 0 Å². The third-order valence-corrected chi connectivity index (χ3v) is 6.94. The summed E-state index contributed by atoms with van der Waals surface area (Å²) in [4.78, 5) is 21.8. The molecule has 0 saturated carbocycles. The summed E-state index contributed by atoms with van der Waals surface area (Å²) in [6, 6.07) is 8.42. The number of anilines is 2. The lowest BCUT2D eigenvalue weighted by Gasteiger charge is -2.34. The molecule has 1 N–H and O–H groups in total. The summed E-state index contributed by atoms with van der Waals surface area (Å²) in [7, 11) is 0. The predicted molar refractivity (Wildman–Crippen MR) is 146 cm³/mol. The van der Waals surface area contributed by atoms with Gasteiger partial charge in [0.05, 0.1) is 42.7 Å². The third-order valence-electron chi connectivity index (χ3n) is 6.94. The molecule has 2 atom stereocenters. The standard InChI is InChI=1S/C27H32N10O/c1-16(2)30-25-27-34-33-19(5)36(27)14-22(31-25)26-32-21-13-29-24(35-10-11-38-15-17(35)3)12-23(21)37(26)18(4)20-8-6-7-9-28-20/h6-9,12-14,16-18H,10-11,15H2,1-5H3,(H,30,31)/t17-,18-/m0/s1. The van der Waals surface area contributed by atoms with Gasteiger partial charge in [-0.05, 0) is 46.8 Å². The molecule has 1 saturated heterocycles. The summed E-state index contributed by atoms with van der Waals surface area (Å²) in [5, 5.41) is 12.1. The zero-order valence-corrected chi connectivity index (χ0v) is 22.3. The highest BCUT2D eigenvalue weighted by molar-refractivity contribution is 5.83. The van der Waals surface area contributed by atoms with Crippen molar-refractivity contribution in [1.29, 1.82) is 0 Å². The largest absolute Gasteiger partial charge is 0.377 e. The molecule has 0 radical (unpaired) electrons. The number of pyridine rings is 2. The van der Waals surface area contributed by atoms with Crippen LogP contribution in [0.1, 0.15) is 45.3 Å². The Bertz CT molecular complexity index is 1590. The molecule has 5 aromatic rings. The zero-order valence-electron chi connectivity index (χ0n) is 22.3. The van der Waals surface area contributed by atoms with Crippen molar-refractivity contribution in [3.8, 4) is 11.5 Å². The van der Waals surface area contributed by atoms with Gasteiger partial charge in [0, 0.05) is 31.0 Å². The number of nitrogens with zero attached hydrogens (tertiary/aromatic N) is 9. The van der Waals surface area contributed by atoms with Crippen molar-refractivity contribution in [3.05, 3.63) is 54.4 Å². The fraction of sp³-hybridized carbons (Fsp3) is 0.407. The molecule has 0 aromatic carbocycles. The number of ether oxygens (including phenoxy) is 1. The molecular weight excluding hydrogens is 480 g/mol. The SMILES string of the molecule is Cc1nnc2c(NC(C)C)nc(-c3nc4cnc(N5CCOC[C@@H]5C)cc4n3[C@@H](C)c3ccccn3)cn12. The molecule has 0 unspecified atom stereocenters. The lowest BCUT2D eigenvalue weighted by Crippen LogP contribution is -2.44. The first-order valence-electron chi connectivity index (χ1n) is 13.0. The Hall–Kier alpha value is -4.12. The number of hydrogen-bond donors (Lipinski definition) is 1. The molecule has 0 aliphatic carbocycles. The highest BCUT2D eigenvalue weighted by Crippen LogP contribution is 2.33. The minimum Gasteiger partial charge on any atom is -0.377 e. The van der Waals surface area contributed by atoms with Gasteiger partial charge in [-0.3, -0.25) is 9.38 Å². The van der Waals surface area contributed by atoms with E-state index in [0.29, 0.717) is 30.4 Å². The van der Waals surface area contributed by atoms with Crippen molar-refractivity contribution < 1.29 is 4.74 Å². The summed E-state index contributed by atoms with van der Waals surface area (Å²) in [6.45, 7) is 12.6. The maximum absolute atomic E-state index is 5.66. The molecule has 196 valence electrons. The topological polar surface area (TPSA) is 111 Å². The molecule has 5 aromatic heterocycles. The molecule has 11 heteroatoms. The van der Waals surface area contributed by atoms with Gasteiger partial charge in [-0.25, -0.2) is 15.0 Å². The molecule has 6 rings (SSSR count). The molecule has 0 spiro atoms. The van der Waals surface area contributed by atoms with Crippen LogP contribution in [-0.4, -0.2) is 70.9 Å². The zero-order chi connectivity index (χ0) is 26.4. The van der Waals surface area contributed by atoms with Crippen LogP contribution in [0.25, 0.3) is 28.2 Å². The summed E-state index contributed by atoms with van der Waals surface area (Å²) >= 11 is 0. The lowest BCUT2D eigenvalue weighted by atomic mass is 10.2. The summed E-state index contributed by atoms with van der Waals surface area (Å²) < 4.78 is 9.83. The molecule has 6 heterocycles. The van der Waals surface area contributed by atoms with E-state index in [9.17, 15) is 0 Å². The van der Waals surface area contributed by atoms with E-state index >= 15 is 0 Å². The molecule has 1 fully saturated rings. The normalized spacial score (nSPS) is 17.0. The second-order valence-corrected chi connectivity index (χ2v) is 10.1. The second-order valence-electron chi connectivity index (χ2n) is 10.1. The van der Waals surface area contributed by atoms with Crippen LogP contribution in [0.3, 0.4) is 0 Å². The Morgan fingerprint density at radius 2 is 1.97 bits per heavy atom. The fourth-order valence-corrected chi connectivity index (χ4v) is 5.03. The van der Waals surface area contributed by atoms with Gasteiger partial charge in [0.15, 0.2) is 11.6 Å². The Balaban J connectivity index is 1.58. The molecule has 0 amide bonds. The predicted octanol–water partition coefficient (Wildman–Crippen LogP) is 3.89. The first-order valence-corrected chi connectivity index (χ1v) is 13.0. The van der Waals surface area contributed by atoms with Crippen LogP contribution in [0, 0.1) is 6.92 Å². The Kier molecular flexibility index (Phi) is 6.15. The average Bonchev–Trinajstić information content (AvgIpc) is 3.49. The van der Waals surface area contributed by atoms with Gasteiger partial charge in [0.2, 0.25) is 5.65 Å². The monoisotopic (exact) mass is 512 g/mol. The van der Waals surface area contributed by atoms with Gasteiger partial charge in [0.1, 0.15) is 22.9 Å². The number of aryl methyl sites for hydroxylation is 1. The smallest absolute Gasteiger partial charge is 0.203 e. The van der Waals surface area contributed by atoms with E-state index in [-0.39, 0.29) is 18.1 Å². The molecule has 11 nitrogen and oxygen atoms in total. The van der Waals surface area contributed by atoms with E-state index < -0.39 is 0 Å². The van der Waals surface area contributed by atoms with E-state index in [2.05, 4.69) is 63.7 Å². The van der Waals surface area contributed by atoms with Crippen LogP contribution in [0.4, 0.5) is 11.6 Å². The van der Waals surface area contributed by atoms with Crippen LogP contribution in [0.15, 0.2) is 42.9 Å². The van der Waals surface area contributed by atoms with Gasteiger partial charge in [-0.15, -0.1) is 10.2 Å². The van der Waals surface area contributed by atoms with E-state index in [1.807, 2.05) is 48.1 Å².